The first-order chi connectivity index (χ1) is 16.4. The number of carbonyl (C=O) groups excluding carboxylic acids is 1. The smallest absolute Gasteiger partial charge is 0.258 e. The molecule has 1 amide bonds. The van der Waals surface area contributed by atoms with Crippen LogP contribution < -0.4 is 10.6 Å². The summed E-state index contributed by atoms with van der Waals surface area (Å²) in [6, 6.07) is 19.0. The normalized spacial score (nSPS) is 14.7. The van der Waals surface area contributed by atoms with Gasteiger partial charge in [0.25, 0.3) is 11.9 Å². The maximum Gasteiger partial charge on any atom is 0.258 e. The molecule has 3 aromatic carbocycles. The van der Waals surface area contributed by atoms with Crippen molar-refractivity contribution >= 4 is 35.1 Å². The molecule has 0 aliphatic carbocycles. The highest BCUT2D eigenvalue weighted by Crippen LogP contribution is 2.37. The number of benzene rings is 3. The van der Waals surface area contributed by atoms with E-state index in [2.05, 4.69) is 20.7 Å². The maximum atomic E-state index is 14.9. The molecule has 0 saturated carbocycles. The van der Waals surface area contributed by atoms with Crippen molar-refractivity contribution in [1.29, 1.82) is 0 Å². The van der Waals surface area contributed by atoms with Crippen LogP contribution in [-0.2, 0) is 0 Å². The molecule has 1 unspecified atom stereocenters. The third-order valence-electron chi connectivity index (χ3n) is 5.63. The van der Waals surface area contributed by atoms with E-state index in [4.69, 9.17) is 11.6 Å². The first-order valence-electron chi connectivity index (χ1n) is 10.7. The number of aromatic nitrogens is 3. The highest BCUT2D eigenvalue weighted by Gasteiger charge is 2.29. The predicted octanol–water partition coefficient (Wildman–Crippen LogP) is 6.00. The van der Waals surface area contributed by atoms with Gasteiger partial charge in [0.05, 0.1) is 0 Å². The number of rotatable bonds is 4. The average Bonchev–Trinajstić information content (AvgIpc) is 3.22. The Morgan fingerprint density at radius 2 is 1.82 bits per heavy atom. The van der Waals surface area contributed by atoms with Crippen molar-refractivity contribution in [3.63, 3.8) is 0 Å². The maximum absolute atomic E-state index is 14.9. The molecule has 2 heterocycles. The van der Waals surface area contributed by atoms with Gasteiger partial charge in [0.15, 0.2) is 0 Å². The van der Waals surface area contributed by atoms with Crippen LogP contribution in [0.3, 0.4) is 0 Å². The summed E-state index contributed by atoms with van der Waals surface area (Å²) >= 11 is 6.41. The quantitative estimate of drug-likeness (QED) is 0.381. The lowest BCUT2D eigenvalue weighted by atomic mass is 10.0. The molecular formula is C26H21ClFN5O. The zero-order valence-electron chi connectivity index (χ0n) is 18.5. The highest BCUT2D eigenvalue weighted by atomic mass is 35.5. The van der Waals surface area contributed by atoms with E-state index in [0.717, 1.165) is 22.4 Å². The number of hydrogen-bond donors (Lipinski definition) is 2. The van der Waals surface area contributed by atoms with Crippen LogP contribution in [0.5, 0.6) is 0 Å². The van der Waals surface area contributed by atoms with E-state index < -0.39 is 11.9 Å². The van der Waals surface area contributed by atoms with Gasteiger partial charge in [0, 0.05) is 21.8 Å². The Kier molecular flexibility index (Phi) is 5.63. The minimum atomic E-state index is -0.668. The lowest BCUT2D eigenvalue weighted by Crippen LogP contribution is -2.21. The van der Waals surface area contributed by atoms with Crippen LogP contribution in [-0.4, -0.2) is 20.7 Å². The second kappa shape index (κ2) is 8.76. The molecule has 4 aromatic rings. The molecule has 0 bridgehead atoms. The number of aryl methyl sites for hydroxylation is 2. The van der Waals surface area contributed by atoms with Crippen LogP contribution in [0.1, 0.15) is 38.7 Å². The van der Waals surface area contributed by atoms with Gasteiger partial charge in [-0.25, -0.2) is 9.07 Å². The molecule has 8 heteroatoms. The SMILES string of the molecule is Cc1ccc(C2=CC(c3c(F)cccc3Cl)n3nc(NC(=O)c4cccc(C)c4)nc3N2)cc1. The number of allylic oxidation sites excluding steroid dienone is 1. The summed E-state index contributed by atoms with van der Waals surface area (Å²) in [7, 11) is 0. The van der Waals surface area contributed by atoms with E-state index in [1.165, 1.54) is 10.7 Å². The summed E-state index contributed by atoms with van der Waals surface area (Å²) in [5, 5.41) is 10.7. The van der Waals surface area contributed by atoms with Gasteiger partial charge in [-0.05, 0) is 49.8 Å². The molecule has 34 heavy (non-hydrogen) atoms. The highest BCUT2D eigenvalue weighted by molar-refractivity contribution is 6.31. The summed E-state index contributed by atoms with van der Waals surface area (Å²) in [5.41, 5.74) is 4.50. The number of nitrogens with one attached hydrogen (secondary N) is 2. The van der Waals surface area contributed by atoms with Crippen LogP contribution in [0.4, 0.5) is 16.3 Å². The average molecular weight is 474 g/mol. The van der Waals surface area contributed by atoms with Gasteiger partial charge in [-0.1, -0.05) is 65.2 Å². The summed E-state index contributed by atoms with van der Waals surface area (Å²) in [6.45, 7) is 3.92. The number of fused-ring (bicyclic) bond motifs is 1. The predicted molar refractivity (Wildman–Crippen MR) is 131 cm³/mol. The van der Waals surface area contributed by atoms with Crippen molar-refractivity contribution < 1.29 is 9.18 Å². The summed E-state index contributed by atoms with van der Waals surface area (Å²) in [6.07, 6.45) is 1.85. The lowest BCUT2D eigenvalue weighted by molar-refractivity contribution is 0.102. The van der Waals surface area contributed by atoms with Crippen LogP contribution in [0, 0.1) is 19.7 Å². The molecule has 1 aromatic heterocycles. The summed E-state index contributed by atoms with van der Waals surface area (Å²) < 4.78 is 16.4. The molecule has 5 rings (SSSR count). The Bertz CT molecular complexity index is 1410. The summed E-state index contributed by atoms with van der Waals surface area (Å²) in [5.74, 6) is -0.323. The van der Waals surface area contributed by atoms with Crippen molar-refractivity contribution in [3.8, 4) is 0 Å². The number of amides is 1. The monoisotopic (exact) mass is 473 g/mol. The molecule has 2 N–H and O–H groups in total. The van der Waals surface area contributed by atoms with Gasteiger partial charge in [0.2, 0.25) is 5.95 Å². The fourth-order valence-corrected chi connectivity index (χ4v) is 4.18. The lowest BCUT2D eigenvalue weighted by Gasteiger charge is -2.25. The molecule has 0 fully saturated rings. The zero-order chi connectivity index (χ0) is 23.8. The van der Waals surface area contributed by atoms with Gasteiger partial charge >= 0.3 is 0 Å². The van der Waals surface area contributed by atoms with Crippen molar-refractivity contribution in [3.05, 3.63) is 111 Å². The fraction of sp³-hybridized carbons (Fsp3) is 0.115. The zero-order valence-corrected chi connectivity index (χ0v) is 19.3. The van der Waals surface area contributed by atoms with Crippen molar-refractivity contribution in [1.82, 2.24) is 14.8 Å². The number of hydrogen-bond acceptors (Lipinski definition) is 4. The van der Waals surface area contributed by atoms with Crippen molar-refractivity contribution in [2.45, 2.75) is 19.9 Å². The number of nitrogens with zero attached hydrogens (tertiary/aromatic N) is 3. The van der Waals surface area contributed by atoms with Crippen LogP contribution in [0.15, 0.2) is 72.8 Å². The molecule has 0 saturated heterocycles. The third-order valence-corrected chi connectivity index (χ3v) is 5.96. The van der Waals surface area contributed by atoms with E-state index in [0.29, 0.717) is 11.5 Å². The number of anilines is 2. The second-order valence-electron chi connectivity index (χ2n) is 8.18. The summed E-state index contributed by atoms with van der Waals surface area (Å²) in [4.78, 5) is 17.2. The molecule has 1 aliphatic rings. The van der Waals surface area contributed by atoms with Gasteiger partial charge in [-0.3, -0.25) is 10.1 Å². The Balaban J connectivity index is 1.55. The Morgan fingerprint density at radius 1 is 1.06 bits per heavy atom. The fourth-order valence-electron chi connectivity index (χ4n) is 3.91. The number of carbonyl (C=O) groups is 1. The molecule has 0 spiro atoms. The van der Waals surface area contributed by atoms with Crippen LogP contribution in [0.2, 0.25) is 5.02 Å². The largest absolute Gasteiger partial charge is 0.324 e. The Labute approximate surface area is 201 Å². The first-order valence-corrected chi connectivity index (χ1v) is 11.1. The van der Waals surface area contributed by atoms with Gasteiger partial charge < -0.3 is 5.32 Å². The molecule has 6 nitrogen and oxygen atoms in total. The third kappa shape index (κ3) is 4.18. The topological polar surface area (TPSA) is 71.8 Å². The minimum absolute atomic E-state index is 0.102. The van der Waals surface area contributed by atoms with E-state index in [-0.39, 0.29) is 22.4 Å². The molecular weight excluding hydrogens is 453 g/mol. The van der Waals surface area contributed by atoms with Crippen molar-refractivity contribution in [2.75, 3.05) is 10.6 Å². The van der Waals surface area contributed by atoms with Gasteiger partial charge in [-0.2, -0.15) is 4.98 Å². The molecule has 1 aliphatic heterocycles. The second-order valence-corrected chi connectivity index (χ2v) is 8.59. The molecule has 0 radical (unpaired) electrons. The van der Waals surface area contributed by atoms with Crippen molar-refractivity contribution in [2.24, 2.45) is 0 Å². The van der Waals surface area contributed by atoms with E-state index in [9.17, 15) is 9.18 Å². The first kappa shape index (κ1) is 21.9. The van der Waals surface area contributed by atoms with E-state index in [1.807, 2.05) is 56.3 Å². The Morgan fingerprint density at radius 3 is 2.56 bits per heavy atom. The number of halogens is 2. The minimum Gasteiger partial charge on any atom is -0.324 e. The van der Waals surface area contributed by atoms with E-state index >= 15 is 0 Å². The van der Waals surface area contributed by atoms with Crippen LogP contribution >= 0.6 is 11.6 Å². The van der Waals surface area contributed by atoms with Crippen LogP contribution in [0.25, 0.3) is 5.70 Å². The molecule has 170 valence electrons. The molecule has 1 atom stereocenters. The van der Waals surface area contributed by atoms with Gasteiger partial charge in [0.1, 0.15) is 11.9 Å². The Hall–Kier alpha value is -3.97. The van der Waals surface area contributed by atoms with E-state index in [1.54, 1.807) is 24.3 Å². The van der Waals surface area contributed by atoms with Gasteiger partial charge in [-0.15, -0.1) is 5.10 Å². The standard InChI is InChI=1S/C26H21ClFN5O/c1-15-9-11-17(12-10-15)21-14-22(23-19(27)7-4-8-20(23)28)33-26(29-21)31-25(32-33)30-24(34)18-6-3-5-16(2)13-18/h3-14,22H,1-2H3,(H2,29,30,31,32,34).